The van der Waals surface area contributed by atoms with Crippen LogP contribution >= 0.6 is 24.0 Å². The number of halogens is 1. The standard InChI is InChI=1S/C24H32N4O3.HI/c1-4-17(3)28-23(29)19-10-8-9-18(13-19)14-26-24(25-5-2)27-15-20-16-30-21-11-6-7-12-22(21)31-20;/h6-13,17,20H,4-5,14-16H2,1-3H3,(H,28,29)(H2,25,26,27);1H. The number of ether oxygens (including phenoxy) is 2. The van der Waals surface area contributed by atoms with Gasteiger partial charge in [-0.2, -0.15) is 0 Å². The minimum absolute atomic E-state index is 0. The number of nitrogens with zero attached hydrogens (tertiary/aromatic N) is 1. The number of amides is 1. The molecular formula is C24H33IN4O3. The van der Waals surface area contributed by atoms with Gasteiger partial charge in [0.15, 0.2) is 17.5 Å². The second-order valence-electron chi connectivity index (χ2n) is 7.56. The first-order valence-corrected chi connectivity index (χ1v) is 10.9. The normalized spacial score (nSPS) is 15.8. The highest BCUT2D eigenvalue weighted by molar-refractivity contribution is 14.0. The van der Waals surface area contributed by atoms with Crippen LogP contribution in [0.2, 0.25) is 0 Å². The maximum absolute atomic E-state index is 12.4. The zero-order chi connectivity index (χ0) is 22.1. The molecule has 1 amide bonds. The summed E-state index contributed by atoms with van der Waals surface area (Å²) in [5, 5.41) is 9.56. The highest BCUT2D eigenvalue weighted by Crippen LogP contribution is 2.30. The molecular weight excluding hydrogens is 519 g/mol. The summed E-state index contributed by atoms with van der Waals surface area (Å²) in [7, 11) is 0. The Bertz CT molecular complexity index is 906. The van der Waals surface area contributed by atoms with Gasteiger partial charge < -0.3 is 25.4 Å². The number of carbonyl (C=O) groups is 1. The zero-order valence-electron chi connectivity index (χ0n) is 18.9. The van der Waals surface area contributed by atoms with Crippen LogP contribution in [0.3, 0.4) is 0 Å². The fraction of sp³-hybridized carbons (Fsp3) is 0.417. The molecule has 1 aliphatic heterocycles. The van der Waals surface area contributed by atoms with E-state index in [2.05, 4.69) is 27.9 Å². The number of hydrogen-bond acceptors (Lipinski definition) is 4. The molecule has 2 aromatic carbocycles. The molecule has 2 aromatic rings. The van der Waals surface area contributed by atoms with Crippen LogP contribution in [-0.4, -0.2) is 43.7 Å². The Balaban J connectivity index is 0.00000363. The topological polar surface area (TPSA) is 84.0 Å². The van der Waals surface area contributed by atoms with Gasteiger partial charge in [0.1, 0.15) is 12.7 Å². The number of aliphatic imine (C=N–C) groups is 1. The van der Waals surface area contributed by atoms with Crippen molar-refractivity contribution in [3.63, 3.8) is 0 Å². The fourth-order valence-electron chi connectivity index (χ4n) is 3.11. The molecule has 0 aliphatic carbocycles. The smallest absolute Gasteiger partial charge is 0.251 e. The predicted octanol–water partition coefficient (Wildman–Crippen LogP) is 3.73. The lowest BCUT2D eigenvalue weighted by Crippen LogP contribution is -2.45. The summed E-state index contributed by atoms with van der Waals surface area (Å²) in [5.74, 6) is 2.17. The number of carbonyl (C=O) groups excluding carboxylic acids is 1. The van der Waals surface area contributed by atoms with Crippen LogP contribution < -0.4 is 25.4 Å². The minimum Gasteiger partial charge on any atom is -0.486 e. The van der Waals surface area contributed by atoms with Gasteiger partial charge in [0.05, 0.1) is 13.1 Å². The Labute approximate surface area is 207 Å². The van der Waals surface area contributed by atoms with E-state index >= 15 is 0 Å². The number of fused-ring (bicyclic) bond motifs is 1. The molecule has 1 heterocycles. The van der Waals surface area contributed by atoms with Gasteiger partial charge in [0.2, 0.25) is 0 Å². The van der Waals surface area contributed by atoms with Crippen molar-refractivity contribution in [3.05, 3.63) is 59.7 Å². The van der Waals surface area contributed by atoms with Crippen LogP contribution in [0.25, 0.3) is 0 Å². The van der Waals surface area contributed by atoms with Gasteiger partial charge >= 0.3 is 0 Å². The van der Waals surface area contributed by atoms with E-state index in [1.54, 1.807) is 0 Å². The number of hydrogen-bond donors (Lipinski definition) is 3. The molecule has 7 nitrogen and oxygen atoms in total. The maximum Gasteiger partial charge on any atom is 0.251 e. The first-order chi connectivity index (χ1) is 15.1. The molecule has 0 bridgehead atoms. The zero-order valence-corrected chi connectivity index (χ0v) is 21.2. The van der Waals surface area contributed by atoms with Gasteiger partial charge in [-0.3, -0.25) is 4.79 Å². The molecule has 0 fully saturated rings. The average molecular weight is 552 g/mol. The van der Waals surface area contributed by atoms with E-state index in [4.69, 9.17) is 9.47 Å². The van der Waals surface area contributed by atoms with Crippen molar-refractivity contribution < 1.29 is 14.3 Å². The summed E-state index contributed by atoms with van der Waals surface area (Å²) >= 11 is 0. The molecule has 1 aliphatic rings. The highest BCUT2D eigenvalue weighted by Gasteiger charge is 2.20. The lowest BCUT2D eigenvalue weighted by atomic mass is 10.1. The number of rotatable bonds is 8. The average Bonchev–Trinajstić information content (AvgIpc) is 2.80. The third-order valence-corrected chi connectivity index (χ3v) is 5.01. The van der Waals surface area contributed by atoms with Gasteiger partial charge in [-0.15, -0.1) is 24.0 Å². The molecule has 174 valence electrons. The lowest BCUT2D eigenvalue weighted by molar-refractivity contribution is 0.0936. The van der Waals surface area contributed by atoms with Crippen molar-refractivity contribution in [2.45, 2.75) is 45.9 Å². The number of guanidine groups is 1. The summed E-state index contributed by atoms with van der Waals surface area (Å²) in [6.45, 7) is 8.33. The Kier molecular flexibility index (Phi) is 10.6. The first kappa shape index (κ1) is 25.8. The quantitative estimate of drug-likeness (QED) is 0.264. The summed E-state index contributed by atoms with van der Waals surface area (Å²) in [4.78, 5) is 17.0. The van der Waals surface area contributed by atoms with Crippen LogP contribution in [0.5, 0.6) is 11.5 Å². The third kappa shape index (κ3) is 7.58. The van der Waals surface area contributed by atoms with Crippen molar-refractivity contribution in [1.29, 1.82) is 0 Å². The van der Waals surface area contributed by atoms with E-state index in [-0.39, 0.29) is 42.0 Å². The molecule has 3 N–H and O–H groups in total. The second-order valence-corrected chi connectivity index (χ2v) is 7.56. The van der Waals surface area contributed by atoms with E-state index in [0.29, 0.717) is 31.2 Å². The maximum atomic E-state index is 12.4. The van der Waals surface area contributed by atoms with Gasteiger partial charge in [0.25, 0.3) is 5.91 Å². The van der Waals surface area contributed by atoms with Crippen LogP contribution in [0.1, 0.15) is 43.1 Å². The number of benzene rings is 2. The Morgan fingerprint density at radius 3 is 2.66 bits per heavy atom. The Morgan fingerprint density at radius 1 is 1.12 bits per heavy atom. The molecule has 0 radical (unpaired) electrons. The number of para-hydroxylation sites is 2. The molecule has 8 heteroatoms. The SMILES string of the molecule is CCNC(=NCc1cccc(C(=O)NC(C)CC)c1)NCC1COc2ccccc2O1.I. The Morgan fingerprint density at radius 2 is 1.91 bits per heavy atom. The van der Waals surface area contributed by atoms with Gasteiger partial charge in [-0.25, -0.2) is 4.99 Å². The van der Waals surface area contributed by atoms with Crippen LogP contribution in [0.4, 0.5) is 0 Å². The molecule has 0 aromatic heterocycles. The summed E-state index contributed by atoms with van der Waals surface area (Å²) in [6, 6.07) is 15.4. The van der Waals surface area contributed by atoms with E-state index in [1.165, 1.54) is 0 Å². The van der Waals surface area contributed by atoms with Crippen molar-refractivity contribution >= 4 is 35.8 Å². The van der Waals surface area contributed by atoms with Gasteiger partial charge in [-0.05, 0) is 50.1 Å². The van der Waals surface area contributed by atoms with Crippen LogP contribution in [-0.2, 0) is 6.54 Å². The third-order valence-electron chi connectivity index (χ3n) is 5.01. The van der Waals surface area contributed by atoms with E-state index in [1.807, 2.05) is 62.4 Å². The van der Waals surface area contributed by atoms with E-state index in [9.17, 15) is 4.79 Å². The van der Waals surface area contributed by atoms with Crippen molar-refractivity contribution in [2.75, 3.05) is 19.7 Å². The fourth-order valence-corrected chi connectivity index (χ4v) is 3.11. The van der Waals surface area contributed by atoms with E-state index in [0.717, 1.165) is 30.0 Å². The summed E-state index contributed by atoms with van der Waals surface area (Å²) < 4.78 is 11.8. The van der Waals surface area contributed by atoms with Crippen molar-refractivity contribution in [2.24, 2.45) is 4.99 Å². The minimum atomic E-state index is -0.105. The van der Waals surface area contributed by atoms with Crippen molar-refractivity contribution in [1.82, 2.24) is 16.0 Å². The monoisotopic (exact) mass is 552 g/mol. The van der Waals surface area contributed by atoms with E-state index < -0.39 is 0 Å². The van der Waals surface area contributed by atoms with Crippen molar-refractivity contribution in [3.8, 4) is 11.5 Å². The molecule has 3 rings (SSSR count). The van der Waals surface area contributed by atoms with Gasteiger partial charge in [-0.1, -0.05) is 31.2 Å². The molecule has 2 unspecified atom stereocenters. The largest absolute Gasteiger partial charge is 0.486 e. The molecule has 2 atom stereocenters. The van der Waals surface area contributed by atoms with Gasteiger partial charge in [0, 0.05) is 18.2 Å². The molecule has 0 saturated carbocycles. The number of nitrogens with one attached hydrogen (secondary N) is 3. The lowest BCUT2D eigenvalue weighted by Gasteiger charge is -2.27. The highest BCUT2D eigenvalue weighted by atomic mass is 127. The predicted molar refractivity (Wildman–Crippen MR) is 138 cm³/mol. The second kappa shape index (κ2) is 13.1. The molecule has 32 heavy (non-hydrogen) atoms. The molecule has 0 spiro atoms. The first-order valence-electron chi connectivity index (χ1n) is 10.9. The molecule has 0 saturated heterocycles. The summed E-state index contributed by atoms with van der Waals surface area (Å²) in [5.41, 5.74) is 1.62. The summed E-state index contributed by atoms with van der Waals surface area (Å²) in [6.07, 6.45) is 0.792. The van der Waals surface area contributed by atoms with Crippen LogP contribution in [0.15, 0.2) is 53.5 Å². The Hall–Kier alpha value is -2.49. The van der Waals surface area contributed by atoms with Crippen LogP contribution in [0, 0.1) is 0 Å².